The molecule has 1 N–H and O–H groups in total. The SMILES string of the molecule is C=CCNCc1c(C)nc2sccn12. The Morgan fingerprint density at radius 2 is 2.57 bits per heavy atom. The van der Waals surface area contributed by atoms with E-state index in [9.17, 15) is 0 Å². The Morgan fingerprint density at radius 3 is 3.36 bits per heavy atom. The van der Waals surface area contributed by atoms with Crippen LogP contribution in [-0.4, -0.2) is 15.9 Å². The van der Waals surface area contributed by atoms with Gasteiger partial charge in [0, 0.05) is 24.7 Å². The van der Waals surface area contributed by atoms with Crippen molar-refractivity contribution in [3.63, 3.8) is 0 Å². The second kappa shape index (κ2) is 3.94. The number of imidazole rings is 1. The molecule has 2 aromatic heterocycles. The molecule has 0 fully saturated rings. The lowest BCUT2D eigenvalue weighted by Crippen LogP contribution is -2.14. The molecule has 0 spiro atoms. The summed E-state index contributed by atoms with van der Waals surface area (Å²) < 4.78 is 2.14. The highest BCUT2D eigenvalue weighted by atomic mass is 32.1. The lowest BCUT2D eigenvalue weighted by molar-refractivity contribution is 0.730. The van der Waals surface area contributed by atoms with Gasteiger partial charge < -0.3 is 5.32 Å². The number of aryl methyl sites for hydroxylation is 1. The second-order valence-corrected chi connectivity index (χ2v) is 3.99. The zero-order chi connectivity index (χ0) is 9.97. The first-order valence-electron chi connectivity index (χ1n) is 4.55. The van der Waals surface area contributed by atoms with Gasteiger partial charge >= 0.3 is 0 Å². The molecule has 4 heteroatoms. The Morgan fingerprint density at radius 1 is 1.71 bits per heavy atom. The number of aromatic nitrogens is 2. The molecule has 0 amide bonds. The molecule has 0 bridgehead atoms. The molecular formula is C10H13N3S. The van der Waals surface area contributed by atoms with E-state index in [4.69, 9.17) is 0 Å². The van der Waals surface area contributed by atoms with Crippen molar-refractivity contribution in [2.24, 2.45) is 0 Å². The molecule has 74 valence electrons. The van der Waals surface area contributed by atoms with Crippen molar-refractivity contribution >= 4 is 16.3 Å². The highest BCUT2D eigenvalue weighted by molar-refractivity contribution is 7.15. The van der Waals surface area contributed by atoms with E-state index in [0.717, 1.165) is 23.7 Å². The third-order valence-electron chi connectivity index (χ3n) is 2.14. The maximum absolute atomic E-state index is 4.47. The van der Waals surface area contributed by atoms with E-state index < -0.39 is 0 Å². The predicted octanol–water partition coefficient (Wildman–Crippen LogP) is 1.98. The monoisotopic (exact) mass is 207 g/mol. The van der Waals surface area contributed by atoms with Crippen LogP contribution in [-0.2, 0) is 6.54 Å². The van der Waals surface area contributed by atoms with Crippen LogP contribution in [0.4, 0.5) is 0 Å². The third kappa shape index (κ3) is 1.58. The second-order valence-electron chi connectivity index (χ2n) is 3.12. The number of thiazole rings is 1. The van der Waals surface area contributed by atoms with Gasteiger partial charge in [0.05, 0.1) is 11.4 Å². The average Bonchev–Trinajstić information content (AvgIpc) is 2.69. The highest BCUT2D eigenvalue weighted by Gasteiger charge is 2.07. The van der Waals surface area contributed by atoms with Crippen molar-refractivity contribution in [1.82, 2.24) is 14.7 Å². The van der Waals surface area contributed by atoms with E-state index in [2.05, 4.69) is 32.9 Å². The fraction of sp³-hybridized carbons (Fsp3) is 0.300. The number of nitrogens with zero attached hydrogens (tertiary/aromatic N) is 2. The zero-order valence-electron chi connectivity index (χ0n) is 8.16. The minimum Gasteiger partial charge on any atom is -0.308 e. The van der Waals surface area contributed by atoms with Crippen LogP contribution in [0, 0.1) is 6.92 Å². The lowest BCUT2D eigenvalue weighted by atomic mass is 10.3. The van der Waals surface area contributed by atoms with Crippen molar-refractivity contribution in [1.29, 1.82) is 0 Å². The van der Waals surface area contributed by atoms with Crippen LogP contribution in [0.5, 0.6) is 0 Å². The standard InChI is InChI=1S/C10H13N3S/c1-3-4-11-7-9-8(2)12-10-13(9)5-6-14-10/h3,5-6,11H,1,4,7H2,2H3. The summed E-state index contributed by atoms with van der Waals surface area (Å²) in [5.74, 6) is 0. The normalized spacial score (nSPS) is 10.9. The lowest BCUT2D eigenvalue weighted by Gasteiger charge is -2.01. The van der Waals surface area contributed by atoms with E-state index in [-0.39, 0.29) is 0 Å². The molecule has 14 heavy (non-hydrogen) atoms. The molecule has 0 aliphatic carbocycles. The summed E-state index contributed by atoms with van der Waals surface area (Å²) in [7, 11) is 0. The van der Waals surface area contributed by atoms with Crippen molar-refractivity contribution in [3.8, 4) is 0 Å². The molecule has 0 saturated heterocycles. The van der Waals surface area contributed by atoms with Crippen LogP contribution in [0.2, 0.25) is 0 Å². The van der Waals surface area contributed by atoms with Gasteiger partial charge in [-0.15, -0.1) is 17.9 Å². The van der Waals surface area contributed by atoms with Crippen molar-refractivity contribution in [2.75, 3.05) is 6.54 Å². The number of nitrogens with one attached hydrogen (secondary N) is 1. The first kappa shape index (κ1) is 9.43. The zero-order valence-corrected chi connectivity index (χ0v) is 8.97. The smallest absolute Gasteiger partial charge is 0.194 e. The summed E-state index contributed by atoms with van der Waals surface area (Å²) in [6, 6.07) is 0. The predicted molar refractivity (Wildman–Crippen MR) is 59.7 cm³/mol. The minimum absolute atomic E-state index is 0.830. The molecule has 0 radical (unpaired) electrons. The maximum Gasteiger partial charge on any atom is 0.194 e. The van der Waals surface area contributed by atoms with Crippen molar-refractivity contribution in [3.05, 3.63) is 35.6 Å². The highest BCUT2D eigenvalue weighted by Crippen LogP contribution is 2.16. The average molecular weight is 207 g/mol. The third-order valence-corrected chi connectivity index (χ3v) is 2.90. The van der Waals surface area contributed by atoms with Gasteiger partial charge in [-0.2, -0.15) is 0 Å². The number of rotatable bonds is 4. The Bertz CT molecular complexity index is 441. The number of fused-ring (bicyclic) bond motifs is 1. The van der Waals surface area contributed by atoms with Gasteiger partial charge in [0.25, 0.3) is 0 Å². The van der Waals surface area contributed by atoms with E-state index >= 15 is 0 Å². The molecule has 3 nitrogen and oxygen atoms in total. The number of hydrogen-bond acceptors (Lipinski definition) is 3. The number of hydrogen-bond donors (Lipinski definition) is 1. The van der Waals surface area contributed by atoms with Gasteiger partial charge in [0.2, 0.25) is 0 Å². The van der Waals surface area contributed by atoms with Crippen LogP contribution >= 0.6 is 11.3 Å². The summed E-state index contributed by atoms with van der Waals surface area (Å²) in [4.78, 5) is 5.53. The van der Waals surface area contributed by atoms with Crippen molar-refractivity contribution < 1.29 is 0 Å². The van der Waals surface area contributed by atoms with E-state index in [1.165, 1.54) is 5.69 Å². The Hall–Kier alpha value is -1.13. The Labute approximate surface area is 87.1 Å². The van der Waals surface area contributed by atoms with Gasteiger partial charge in [-0.25, -0.2) is 4.98 Å². The van der Waals surface area contributed by atoms with E-state index in [1.807, 2.05) is 13.0 Å². The van der Waals surface area contributed by atoms with Crippen LogP contribution < -0.4 is 5.32 Å². The summed E-state index contributed by atoms with van der Waals surface area (Å²) in [6.45, 7) is 7.39. The molecule has 0 aliphatic heterocycles. The summed E-state index contributed by atoms with van der Waals surface area (Å²) >= 11 is 1.67. The largest absolute Gasteiger partial charge is 0.308 e. The topological polar surface area (TPSA) is 29.3 Å². The fourth-order valence-electron chi connectivity index (χ4n) is 1.45. The molecule has 0 aromatic carbocycles. The van der Waals surface area contributed by atoms with Crippen LogP contribution in [0.3, 0.4) is 0 Å². The first-order valence-corrected chi connectivity index (χ1v) is 5.43. The van der Waals surface area contributed by atoms with Crippen LogP contribution in [0.25, 0.3) is 4.96 Å². The van der Waals surface area contributed by atoms with Gasteiger partial charge in [-0.1, -0.05) is 6.08 Å². The van der Waals surface area contributed by atoms with Crippen LogP contribution in [0.1, 0.15) is 11.4 Å². The molecule has 2 rings (SSSR count). The summed E-state index contributed by atoms with van der Waals surface area (Å²) in [5, 5.41) is 5.34. The van der Waals surface area contributed by atoms with Gasteiger partial charge in [0.1, 0.15) is 0 Å². The van der Waals surface area contributed by atoms with Gasteiger partial charge in [-0.05, 0) is 6.92 Å². The minimum atomic E-state index is 0.830. The Kier molecular flexibility index (Phi) is 2.65. The Balaban J connectivity index is 2.25. The molecule has 2 aromatic rings. The quantitative estimate of drug-likeness (QED) is 0.613. The molecule has 0 aliphatic rings. The molecular weight excluding hydrogens is 194 g/mol. The first-order chi connectivity index (χ1) is 6.83. The van der Waals surface area contributed by atoms with Gasteiger partial charge in [0.15, 0.2) is 4.96 Å². The van der Waals surface area contributed by atoms with E-state index in [1.54, 1.807) is 11.3 Å². The fourth-order valence-corrected chi connectivity index (χ4v) is 2.22. The molecule has 2 heterocycles. The van der Waals surface area contributed by atoms with Gasteiger partial charge in [-0.3, -0.25) is 4.40 Å². The van der Waals surface area contributed by atoms with Crippen molar-refractivity contribution in [2.45, 2.75) is 13.5 Å². The molecule has 0 atom stereocenters. The molecule has 0 saturated carbocycles. The van der Waals surface area contributed by atoms with Crippen LogP contribution in [0.15, 0.2) is 24.2 Å². The van der Waals surface area contributed by atoms with E-state index in [0.29, 0.717) is 0 Å². The maximum atomic E-state index is 4.47. The summed E-state index contributed by atoms with van der Waals surface area (Å²) in [5.41, 5.74) is 2.34. The molecule has 0 unspecified atom stereocenters. The summed E-state index contributed by atoms with van der Waals surface area (Å²) in [6.07, 6.45) is 3.92.